The summed E-state index contributed by atoms with van der Waals surface area (Å²) in [4.78, 5) is 12.1. The molecule has 2 N–H and O–H groups in total. The van der Waals surface area contributed by atoms with Crippen LogP contribution in [0.3, 0.4) is 0 Å². The maximum absolute atomic E-state index is 13.0. The molecule has 27 heavy (non-hydrogen) atoms. The van der Waals surface area contributed by atoms with E-state index in [1.165, 1.54) is 13.3 Å². The number of amides is 2. The number of nitrogens with zero attached hydrogens (tertiary/aromatic N) is 5. The maximum Gasteiger partial charge on any atom is 0.433 e. The Morgan fingerprint density at radius 3 is 2.89 bits per heavy atom. The minimum absolute atomic E-state index is 0.0305. The van der Waals surface area contributed by atoms with Crippen molar-refractivity contribution in [1.29, 1.82) is 0 Å². The summed E-state index contributed by atoms with van der Waals surface area (Å²) in [5.41, 5.74) is 0.459. The predicted molar refractivity (Wildman–Crippen MR) is 91.1 cm³/mol. The smallest absolute Gasteiger partial charge is 0.338 e. The summed E-state index contributed by atoms with van der Waals surface area (Å²) < 4.78 is 41.6. The number of pyridine rings is 1. The Kier molecular flexibility index (Phi) is 5.02. The van der Waals surface area contributed by atoms with Gasteiger partial charge in [0.25, 0.3) is 0 Å². The number of carbonyl (C=O) groups is 1. The summed E-state index contributed by atoms with van der Waals surface area (Å²) in [5.74, 6) is -0.264. The van der Waals surface area contributed by atoms with Gasteiger partial charge < -0.3 is 10.6 Å². The largest absolute Gasteiger partial charge is 0.433 e. The third kappa shape index (κ3) is 4.36. The van der Waals surface area contributed by atoms with Gasteiger partial charge in [-0.05, 0) is 31.0 Å². The van der Waals surface area contributed by atoms with Crippen molar-refractivity contribution >= 4 is 17.4 Å². The molecule has 11 heteroatoms. The molecule has 0 radical (unpaired) electrons. The van der Waals surface area contributed by atoms with E-state index in [2.05, 4.69) is 25.9 Å². The van der Waals surface area contributed by atoms with E-state index in [9.17, 15) is 18.0 Å². The highest BCUT2D eigenvalue weighted by molar-refractivity contribution is 5.92. The molecule has 0 saturated carbocycles. The van der Waals surface area contributed by atoms with E-state index in [1.807, 2.05) is 0 Å². The molecule has 2 amide bonds. The van der Waals surface area contributed by atoms with Crippen molar-refractivity contribution in [3.63, 3.8) is 0 Å². The zero-order chi connectivity index (χ0) is 19.6. The molecule has 8 nitrogen and oxygen atoms in total. The van der Waals surface area contributed by atoms with Crippen LogP contribution in [0, 0.1) is 12.8 Å². The number of rotatable bonds is 5. The van der Waals surface area contributed by atoms with E-state index in [1.54, 1.807) is 29.7 Å². The fourth-order valence-electron chi connectivity index (χ4n) is 2.65. The van der Waals surface area contributed by atoms with Gasteiger partial charge in [-0.1, -0.05) is 6.92 Å². The highest BCUT2D eigenvalue weighted by Crippen LogP contribution is 2.30. The lowest BCUT2D eigenvalue weighted by molar-refractivity contribution is -0.144. The summed E-state index contributed by atoms with van der Waals surface area (Å²) in [5, 5.41) is 16.9. The number of alkyl halides is 3. The normalized spacial score (nSPS) is 12.9. The Balaban J connectivity index is 1.57. The first-order valence-electron chi connectivity index (χ1n) is 8.19. The predicted octanol–water partition coefficient (Wildman–Crippen LogP) is 2.71. The average Bonchev–Trinajstić information content (AvgIpc) is 3.19. The molecule has 3 heterocycles. The summed E-state index contributed by atoms with van der Waals surface area (Å²) in [7, 11) is 0. The molecule has 0 aliphatic carbocycles. The topological polar surface area (TPSA) is 89.1 Å². The van der Waals surface area contributed by atoms with E-state index < -0.39 is 17.9 Å². The number of carbonyl (C=O) groups excluding carboxylic acids is 1. The van der Waals surface area contributed by atoms with Crippen molar-refractivity contribution in [2.45, 2.75) is 26.6 Å². The number of hydrogen-bond donors (Lipinski definition) is 2. The second kappa shape index (κ2) is 7.25. The average molecular weight is 381 g/mol. The molecule has 1 atom stereocenters. The Bertz CT molecular complexity index is 947. The summed E-state index contributed by atoms with van der Waals surface area (Å²) in [6, 6.07) is 3.93. The van der Waals surface area contributed by atoms with Gasteiger partial charge in [-0.15, -0.1) is 10.2 Å². The van der Waals surface area contributed by atoms with Gasteiger partial charge in [0.1, 0.15) is 12.0 Å². The quantitative estimate of drug-likeness (QED) is 0.711. The fraction of sp³-hybridized carbons (Fsp3) is 0.375. The van der Waals surface area contributed by atoms with Crippen molar-refractivity contribution in [1.82, 2.24) is 29.7 Å². The number of hydrogen-bond acceptors (Lipinski definition) is 4. The van der Waals surface area contributed by atoms with Crippen LogP contribution in [0.1, 0.15) is 18.3 Å². The lowest BCUT2D eigenvalue weighted by Crippen LogP contribution is -2.34. The highest BCUT2D eigenvalue weighted by Gasteiger charge is 2.35. The van der Waals surface area contributed by atoms with E-state index in [-0.39, 0.29) is 19.0 Å². The highest BCUT2D eigenvalue weighted by atomic mass is 19.4. The molecule has 0 aromatic carbocycles. The minimum atomic E-state index is -4.47. The Morgan fingerprint density at radius 1 is 1.37 bits per heavy atom. The lowest BCUT2D eigenvalue weighted by Gasteiger charge is -2.16. The molecule has 3 rings (SSSR count). The van der Waals surface area contributed by atoms with Crippen LogP contribution in [-0.4, -0.2) is 37.0 Å². The monoisotopic (exact) mass is 381 g/mol. The molecule has 0 fully saturated rings. The van der Waals surface area contributed by atoms with Crippen LogP contribution in [0.4, 0.5) is 23.7 Å². The van der Waals surface area contributed by atoms with Crippen LogP contribution in [0.5, 0.6) is 0 Å². The number of aromatic nitrogens is 5. The van der Waals surface area contributed by atoms with Crippen molar-refractivity contribution < 1.29 is 18.0 Å². The molecule has 0 aliphatic heterocycles. The first-order chi connectivity index (χ1) is 12.7. The Morgan fingerprint density at radius 2 is 2.15 bits per heavy atom. The molecule has 0 bridgehead atoms. The fourth-order valence-corrected chi connectivity index (χ4v) is 2.65. The first-order valence-corrected chi connectivity index (χ1v) is 8.19. The van der Waals surface area contributed by atoms with Crippen LogP contribution in [0.2, 0.25) is 0 Å². The maximum atomic E-state index is 13.0. The lowest BCUT2D eigenvalue weighted by atomic mass is 10.2. The van der Waals surface area contributed by atoms with Crippen molar-refractivity contribution in [2.24, 2.45) is 5.92 Å². The summed E-state index contributed by atoms with van der Waals surface area (Å²) >= 11 is 0. The van der Waals surface area contributed by atoms with E-state index in [0.717, 1.165) is 10.7 Å². The minimum Gasteiger partial charge on any atom is -0.338 e. The number of halogens is 3. The zero-order valence-electron chi connectivity index (χ0n) is 14.7. The summed E-state index contributed by atoms with van der Waals surface area (Å²) in [6.45, 7) is 3.45. The Hall–Kier alpha value is -3.11. The van der Waals surface area contributed by atoms with Gasteiger partial charge in [0.05, 0.1) is 11.4 Å². The molecule has 0 spiro atoms. The Labute approximate surface area is 152 Å². The van der Waals surface area contributed by atoms with Crippen LogP contribution >= 0.6 is 0 Å². The zero-order valence-corrected chi connectivity index (χ0v) is 14.7. The SMILES string of the molecule is Cc1cc(C(F)(F)F)n(C[C@@H](C)CNC(=O)Nc2cccn3cnnc23)n1. The van der Waals surface area contributed by atoms with Gasteiger partial charge >= 0.3 is 12.2 Å². The number of fused-ring (bicyclic) bond motifs is 1. The van der Waals surface area contributed by atoms with Gasteiger partial charge in [0.2, 0.25) is 0 Å². The van der Waals surface area contributed by atoms with Crippen LogP contribution in [0.15, 0.2) is 30.7 Å². The number of anilines is 1. The second-order valence-electron chi connectivity index (χ2n) is 6.27. The number of urea groups is 1. The van der Waals surface area contributed by atoms with E-state index in [0.29, 0.717) is 17.0 Å². The molecule has 3 aromatic rings. The van der Waals surface area contributed by atoms with E-state index >= 15 is 0 Å². The second-order valence-corrected chi connectivity index (χ2v) is 6.27. The van der Waals surface area contributed by atoms with Crippen LogP contribution in [0.25, 0.3) is 5.65 Å². The number of nitrogens with one attached hydrogen (secondary N) is 2. The summed E-state index contributed by atoms with van der Waals surface area (Å²) in [6.07, 6.45) is -1.22. The van der Waals surface area contributed by atoms with Crippen molar-refractivity contribution in [3.8, 4) is 0 Å². The molecular weight excluding hydrogens is 363 g/mol. The van der Waals surface area contributed by atoms with Gasteiger partial charge in [-0.25, -0.2) is 4.79 Å². The molecule has 144 valence electrons. The van der Waals surface area contributed by atoms with Crippen molar-refractivity contribution in [3.05, 3.63) is 42.1 Å². The third-order valence-corrected chi connectivity index (χ3v) is 3.86. The van der Waals surface area contributed by atoms with Gasteiger partial charge in [-0.2, -0.15) is 18.3 Å². The molecule has 0 aliphatic rings. The van der Waals surface area contributed by atoms with Gasteiger partial charge in [0.15, 0.2) is 5.65 Å². The van der Waals surface area contributed by atoms with Crippen molar-refractivity contribution in [2.75, 3.05) is 11.9 Å². The van der Waals surface area contributed by atoms with Gasteiger partial charge in [0, 0.05) is 19.3 Å². The van der Waals surface area contributed by atoms with Gasteiger partial charge in [-0.3, -0.25) is 9.08 Å². The molecule has 0 unspecified atom stereocenters. The van der Waals surface area contributed by atoms with Crippen LogP contribution in [-0.2, 0) is 12.7 Å². The van der Waals surface area contributed by atoms with Crippen LogP contribution < -0.4 is 10.6 Å². The third-order valence-electron chi connectivity index (χ3n) is 3.86. The molecular formula is C16H18F3N7O. The standard InChI is InChI=1S/C16H18F3N7O/c1-10(8-26-13(16(17,18)19)6-11(2)24-26)7-20-15(27)22-12-4-3-5-25-9-21-23-14(12)25/h3-6,9-10H,7-8H2,1-2H3,(H2,20,22,27)/t10-/m0/s1. The molecule has 0 saturated heterocycles. The van der Waals surface area contributed by atoms with E-state index in [4.69, 9.17) is 0 Å². The molecule has 3 aromatic heterocycles. The first kappa shape index (κ1) is 18.7. The number of aryl methyl sites for hydroxylation is 1.